The maximum Gasteiger partial charge on any atom is 0.237 e. The Morgan fingerprint density at radius 3 is 3.09 bits per heavy atom. The summed E-state index contributed by atoms with van der Waals surface area (Å²) in [6.07, 6.45) is 0.907. The zero-order chi connectivity index (χ0) is 15.5. The van der Waals surface area contributed by atoms with Crippen LogP contribution in [0.15, 0.2) is 17.5 Å². The Balaban J connectivity index is 1.48. The van der Waals surface area contributed by atoms with E-state index in [1.54, 1.807) is 22.7 Å². The first-order chi connectivity index (χ1) is 10.6. The van der Waals surface area contributed by atoms with E-state index in [0.29, 0.717) is 19.5 Å². The molecule has 0 aliphatic carbocycles. The molecule has 1 aliphatic heterocycles. The van der Waals surface area contributed by atoms with Crippen LogP contribution in [-0.2, 0) is 11.2 Å². The fraction of sp³-hybridized carbons (Fsp3) is 0.467. The van der Waals surface area contributed by atoms with Gasteiger partial charge in [-0.25, -0.2) is 4.98 Å². The summed E-state index contributed by atoms with van der Waals surface area (Å²) in [7, 11) is 0. The number of thiazole rings is 1. The molecule has 1 fully saturated rings. The first-order valence-corrected chi connectivity index (χ1v) is 9.02. The summed E-state index contributed by atoms with van der Waals surface area (Å²) in [6, 6.07) is 3.93. The molecule has 0 spiro atoms. The van der Waals surface area contributed by atoms with E-state index in [1.165, 1.54) is 9.75 Å². The van der Waals surface area contributed by atoms with Gasteiger partial charge in [-0.05, 0) is 31.9 Å². The number of aliphatic hydroxyl groups excluding tert-OH is 1. The standard InChI is InChI=1S/C15H19N3O2S2/c1-9-18-13(8-21-9)14-3-2-11(22-14)4-5-16-15(20)12-6-10(19)7-17-12/h2-3,8,10,12,17,19H,4-7H2,1H3,(H,16,20)/t10-,12-/m1/s1. The molecule has 118 valence electrons. The van der Waals surface area contributed by atoms with Crippen molar-refractivity contribution in [3.8, 4) is 10.6 Å². The summed E-state index contributed by atoms with van der Waals surface area (Å²) in [5, 5.41) is 18.5. The Hall–Kier alpha value is -1.28. The highest BCUT2D eigenvalue weighted by Crippen LogP contribution is 2.29. The number of hydrogen-bond donors (Lipinski definition) is 3. The van der Waals surface area contributed by atoms with Crippen molar-refractivity contribution in [3.05, 3.63) is 27.4 Å². The van der Waals surface area contributed by atoms with Crippen LogP contribution in [0, 0.1) is 6.92 Å². The smallest absolute Gasteiger partial charge is 0.237 e. The Labute approximate surface area is 137 Å². The number of nitrogens with zero attached hydrogens (tertiary/aromatic N) is 1. The molecule has 1 aliphatic rings. The predicted molar refractivity (Wildman–Crippen MR) is 89.3 cm³/mol. The van der Waals surface area contributed by atoms with Gasteiger partial charge in [-0.2, -0.15) is 0 Å². The number of β-amino-alcohol motifs (C(OH)–C–C–N with tert-alkyl or cyclic N) is 1. The van der Waals surface area contributed by atoms with Gasteiger partial charge in [0.05, 0.1) is 27.7 Å². The topological polar surface area (TPSA) is 74.2 Å². The van der Waals surface area contributed by atoms with Crippen molar-refractivity contribution < 1.29 is 9.90 Å². The number of carbonyl (C=O) groups excluding carboxylic acids is 1. The summed E-state index contributed by atoms with van der Waals surface area (Å²) >= 11 is 3.38. The number of nitrogens with one attached hydrogen (secondary N) is 2. The van der Waals surface area contributed by atoms with Crippen LogP contribution >= 0.6 is 22.7 Å². The van der Waals surface area contributed by atoms with E-state index in [-0.39, 0.29) is 11.9 Å². The number of carbonyl (C=O) groups is 1. The van der Waals surface area contributed by atoms with Crippen molar-refractivity contribution in [1.82, 2.24) is 15.6 Å². The van der Waals surface area contributed by atoms with Gasteiger partial charge in [-0.15, -0.1) is 22.7 Å². The maximum absolute atomic E-state index is 11.9. The second kappa shape index (κ2) is 6.87. The molecular weight excluding hydrogens is 318 g/mol. The Kier molecular flexibility index (Phi) is 4.87. The van der Waals surface area contributed by atoms with Crippen LogP contribution in [-0.4, -0.2) is 41.2 Å². The van der Waals surface area contributed by atoms with Gasteiger partial charge in [0.1, 0.15) is 0 Å². The van der Waals surface area contributed by atoms with Gasteiger partial charge < -0.3 is 15.7 Å². The van der Waals surface area contributed by atoms with Crippen molar-refractivity contribution in [2.24, 2.45) is 0 Å². The maximum atomic E-state index is 11.9. The number of aliphatic hydroxyl groups is 1. The molecule has 0 aromatic carbocycles. The van der Waals surface area contributed by atoms with Gasteiger partial charge in [0, 0.05) is 23.3 Å². The van der Waals surface area contributed by atoms with Gasteiger partial charge in [0.25, 0.3) is 0 Å². The molecule has 1 saturated heterocycles. The van der Waals surface area contributed by atoms with Crippen LogP contribution < -0.4 is 10.6 Å². The molecule has 2 aromatic heterocycles. The van der Waals surface area contributed by atoms with Gasteiger partial charge >= 0.3 is 0 Å². The molecule has 3 heterocycles. The van der Waals surface area contributed by atoms with Crippen molar-refractivity contribution in [2.45, 2.75) is 31.9 Å². The Morgan fingerprint density at radius 1 is 1.55 bits per heavy atom. The molecule has 3 N–H and O–H groups in total. The van der Waals surface area contributed by atoms with E-state index in [9.17, 15) is 9.90 Å². The quantitative estimate of drug-likeness (QED) is 0.774. The number of thiophene rings is 1. The number of rotatable bonds is 5. The minimum atomic E-state index is -0.405. The zero-order valence-corrected chi connectivity index (χ0v) is 14.0. The number of hydrogen-bond acceptors (Lipinski definition) is 6. The van der Waals surface area contributed by atoms with Crippen molar-refractivity contribution in [3.63, 3.8) is 0 Å². The molecule has 0 bridgehead atoms. The molecule has 0 saturated carbocycles. The van der Waals surface area contributed by atoms with Crippen LogP contribution in [0.5, 0.6) is 0 Å². The van der Waals surface area contributed by atoms with E-state index >= 15 is 0 Å². The van der Waals surface area contributed by atoms with Crippen LogP contribution in [0.4, 0.5) is 0 Å². The normalized spacial score (nSPS) is 21.2. The van der Waals surface area contributed by atoms with E-state index in [2.05, 4.69) is 33.1 Å². The van der Waals surface area contributed by atoms with Crippen LogP contribution in [0.1, 0.15) is 16.3 Å². The predicted octanol–water partition coefficient (Wildman–Crippen LogP) is 1.56. The SMILES string of the molecule is Cc1nc(-c2ccc(CCNC(=O)[C@H]3C[C@@H](O)CN3)s2)cs1. The molecule has 22 heavy (non-hydrogen) atoms. The van der Waals surface area contributed by atoms with E-state index in [4.69, 9.17) is 0 Å². The van der Waals surface area contributed by atoms with Crippen LogP contribution in [0.25, 0.3) is 10.6 Å². The van der Waals surface area contributed by atoms with Gasteiger partial charge in [-0.3, -0.25) is 4.79 Å². The first-order valence-electron chi connectivity index (χ1n) is 7.32. The second-order valence-corrected chi connectivity index (χ2v) is 7.64. The lowest BCUT2D eigenvalue weighted by Crippen LogP contribution is -2.41. The minimum absolute atomic E-state index is 0.0246. The average molecular weight is 337 g/mol. The van der Waals surface area contributed by atoms with Gasteiger partial charge in [0.2, 0.25) is 5.91 Å². The average Bonchev–Trinajstić information content (AvgIpc) is 3.19. The highest BCUT2D eigenvalue weighted by atomic mass is 32.1. The first kappa shape index (κ1) is 15.6. The van der Waals surface area contributed by atoms with Crippen molar-refractivity contribution in [2.75, 3.05) is 13.1 Å². The summed E-state index contributed by atoms with van der Waals surface area (Å²) in [4.78, 5) is 18.8. The fourth-order valence-electron chi connectivity index (χ4n) is 2.48. The molecule has 7 heteroatoms. The number of aromatic nitrogens is 1. The third kappa shape index (κ3) is 3.73. The molecule has 1 amide bonds. The van der Waals surface area contributed by atoms with E-state index in [0.717, 1.165) is 17.1 Å². The Morgan fingerprint density at radius 2 is 2.41 bits per heavy atom. The molecule has 5 nitrogen and oxygen atoms in total. The molecule has 0 radical (unpaired) electrons. The third-order valence-corrected chi connectivity index (χ3v) is 5.57. The second-order valence-electron chi connectivity index (χ2n) is 5.41. The molecule has 3 rings (SSSR count). The largest absolute Gasteiger partial charge is 0.392 e. The Bertz CT molecular complexity index is 653. The molecular formula is C15H19N3O2S2. The lowest BCUT2D eigenvalue weighted by molar-refractivity contribution is -0.122. The number of amides is 1. The fourth-order valence-corrected chi connectivity index (χ4v) is 4.13. The summed E-state index contributed by atoms with van der Waals surface area (Å²) < 4.78 is 0. The lowest BCUT2D eigenvalue weighted by atomic mass is 10.2. The van der Waals surface area contributed by atoms with Gasteiger partial charge in [-0.1, -0.05) is 0 Å². The minimum Gasteiger partial charge on any atom is -0.392 e. The molecule has 0 unspecified atom stereocenters. The molecule has 2 atom stereocenters. The monoisotopic (exact) mass is 337 g/mol. The van der Waals surface area contributed by atoms with E-state index in [1.807, 2.05) is 6.92 Å². The van der Waals surface area contributed by atoms with Crippen molar-refractivity contribution >= 4 is 28.6 Å². The number of aryl methyl sites for hydroxylation is 1. The van der Waals surface area contributed by atoms with E-state index < -0.39 is 6.10 Å². The summed E-state index contributed by atoms with van der Waals surface area (Å²) in [6.45, 7) is 3.12. The summed E-state index contributed by atoms with van der Waals surface area (Å²) in [5.74, 6) is -0.0246. The van der Waals surface area contributed by atoms with Crippen LogP contribution in [0.2, 0.25) is 0 Å². The molecule has 2 aromatic rings. The third-order valence-electron chi connectivity index (χ3n) is 3.63. The lowest BCUT2D eigenvalue weighted by Gasteiger charge is -2.10. The van der Waals surface area contributed by atoms with Crippen molar-refractivity contribution in [1.29, 1.82) is 0 Å². The highest BCUT2D eigenvalue weighted by molar-refractivity contribution is 7.16. The van der Waals surface area contributed by atoms with Crippen LogP contribution in [0.3, 0.4) is 0 Å². The summed E-state index contributed by atoms with van der Waals surface area (Å²) in [5.41, 5.74) is 1.03. The van der Waals surface area contributed by atoms with Gasteiger partial charge in [0.15, 0.2) is 0 Å². The highest BCUT2D eigenvalue weighted by Gasteiger charge is 2.27. The zero-order valence-electron chi connectivity index (χ0n) is 12.3.